The minimum Gasteiger partial charge on any atom is -0.464 e. The van der Waals surface area contributed by atoms with E-state index >= 15 is 0 Å². The fourth-order valence-corrected chi connectivity index (χ4v) is 4.27. The lowest BCUT2D eigenvalue weighted by Crippen LogP contribution is -2.10. The molecule has 80 valence electrons. The van der Waals surface area contributed by atoms with E-state index in [1.165, 1.54) is 0 Å². The molecule has 2 aromatic rings. The maximum atomic E-state index is 6.11. The second-order valence-corrected chi connectivity index (χ2v) is 6.95. The lowest BCUT2D eigenvalue weighted by molar-refractivity contribution is 0.466. The van der Waals surface area contributed by atoms with Gasteiger partial charge in [-0.1, -0.05) is 0 Å². The highest BCUT2D eigenvalue weighted by molar-refractivity contribution is 9.12. The number of rotatable bonds is 2. The summed E-state index contributed by atoms with van der Waals surface area (Å²) in [6.07, 6.45) is 0. The molecular weight excluding hydrogens is 342 g/mol. The number of aryl methyl sites for hydroxylation is 1. The molecule has 0 aliphatic rings. The Morgan fingerprint density at radius 3 is 2.60 bits per heavy atom. The Hall–Kier alpha value is -0.100. The first-order valence-electron chi connectivity index (χ1n) is 4.34. The summed E-state index contributed by atoms with van der Waals surface area (Å²) >= 11 is 8.53. The highest BCUT2D eigenvalue weighted by atomic mass is 79.9. The molecule has 1 atom stereocenters. The first-order chi connectivity index (χ1) is 7.08. The van der Waals surface area contributed by atoms with Crippen molar-refractivity contribution in [2.24, 2.45) is 5.73 Å². The van der Waals surface area contributed by atoms with Crippen molar-refractivity contribution in [3.63, 3.8) is 0 Å². The Morgan fingerprint density at radius 2 is 2.13 bits per heavy atom. The Kier molecular flexibility index (Phi) is 3.35. The van der Waals surface area contributed by atoms with Gasteiger partial charge in [-0.05, 0) is 57.0 Å². The molecule has 0 aliphatic heterocycles. The van der Waals surface area contributed by atoms with Crippen LogP contribution in [0.1, 0.15) is 23.1 Å². The zero-order chi connectivity index (χ0) is 11.0. The number of halogens is 2. The van der Waals surface area contributed by atoms with Crippen LogP contribution in [0.4, 0.5) is 0 Å². The van der Waals surface area contributed by atoms with Gasteiger partial charge in [0.15, 0.2) is 0 Å². The van der Waals surface area contributed by atoms with Gasteiger partial charge in [0.25, 0.3) is 0 Å². The van der Waals surface area contributed by atoms with Gasteiger partial charge in [-0.2, -0.15) is 0 Å². The summed E-state index contributed by atoms with van der Waals surface area (Å²) < 4.78 is 7.60. The summed E-state index contributed by atoms with van der Waals surface area (Å²) in [5.74, 6) is 1.67. The van der Waals surface area contributed by atoms with E-state index in [9.17, 15) is 0 Å². The van der Waals surface area contributed by atoms with E-state index in [2.05, 4.69) is 31.9 Å². The van der Waals surface area contributed by atoms with Crippen LogP contribution in [0.2, 0.25) is 0 Å². The van der Waals surface area contributed by atoms with Crippen LogP contribution in [0.15, 0.2) is 30.2 Å². The van der Waals surface area contributed by atoms with E-state index in [1.807, 2.05) is 25.1 Å². The monoisotopic (exact) mass is 349 g/mol. The molecule has 15 heavy (non-hydrogen) atoms. The first-order valence-corrected chi connectivity index (χ1v) is 6.75. The summed E-state index contributed by atoms with van der Waals surface area (Å²) in [5.41, 5.74) is 7.15. The molecule has 1 unspecified atom stereocenters. The molecule has 2 heterocycles. The third-order valence-electron chi connectivity index (χ3n) is 2.09. The highest BCUT2D eigenvalue weighted by Gasteiger charge is 2.17. The van der Waals surface area contributed by atoms with Gasteiger partial charge in [0.05, 0.1) is 13.6 Å². The minimum absolute atomic E-state index is 0.212. The zero-order valence-corrected chi connectivity index (χ0v) is 11.9. The van der Waals surface area contributed by atoms with Crippen LogP contribution in [-0.4, -0.2) is 0 Å². The van der Waals surface area contributed by atoms with Gasteiger partial charge in [0.1, 0.15) is 11.5 Å². The molecule has 2 nitrogen and oxygen atoms in total. The van der Waals surface area contributed by atoms with Crippen LogP contribution in [0.3, 0.4) is 0 Å². The molecule has 0 bridgehead atoms. The summed E-state index contributed by atoms with van der Waals surface area (Å²) in [4.78, 5) is 0. The van der Waals surface area contributed by atoms with Gasteiger partial charge in [0.2, 0.25) is 0 Å². The predicted octanol–water partition coefficient (Wildman–Crippen LogP) is 4.22. The van der Waals surface area contributed by atoms with Crippen LogP contribution in [0, 0.1) is 6.92 Å². The fourth-order valence-electron chi connectivity index (χ4n) is 1.34. The fraction of sp³-hybridized carbons (Fsp3) is 0.200. The van der Waals surface area contributed by atoms with Crippen molar-refractivity contribution in [1.29, 1.82) is 0 Å². The van der Waals surface area contributed by atoms with Crippen molar-refractivity contribution < 1.29 is 4.42 Å². The average molecular weight is 351 g/mol. The van der Waals surface area contributed by atoms with Crippen LogP contribution < -0.4 is 5.73 Å². The molecule has 0 aliphatic carbocycles. The quantitative estimate of drug-likeness (QED) is 0.880. The summed E-state index contributed by atoms with van der Waals surface area (Å²) in [5, 5.41) is 0. The van der Waals surface area contributed by atoms with Gasteiger partial charge < -0.3 is 10.2 Å². The molecule has 0 saturated carbocycles. The van der Waals surface area contributed by atoms with Gasteiger partial charge in [-0.25, -0.2) is 0 Å². The van der Waals surface area contributed by atoms with Crippen molar-refractivity contribution in [1.82, 2.24) is 0 Å². The van der Waals surface area contributed by atoms with E-state index in [0.717, 1.165) is 24.7 Å². The van der Waals surface area contributed by atoms with E-state index < -0.39 is 0 Å². The second kappa shape index (κ2) is 4.41. The number of hydrogen-bond donors (Lipinski definition) is 1. The average Bonchev–Trinajstić information content (AvgIpc) is 2.71. The van der Waals surface area contributed by atoms with Gasteiger partial charge in [0, 0.05) is 5.56 Å². The smallest absolute Gasteiger partial charge is 0.125 e. The van der Waals surface area contributed by atoms with Crippen molar-refractivity contribution >= 4 is 43.2 Å². The lowest BCUT2D eigenvalue weighted by Gasteiger charge is -2.07. The van der Waals surface area contributed by atoms with E-state index in [4.69, 9.17) is 10.2 Å². The summed E-state index contributed by atoms with van der Waals surface area (Å²) in [6, 6.07) is 5.63. The van der Waals surface area contributed by atoms with E-state index in [0.29, 0.717) is 0 Å². The molecule has 0 radical (unpaired) electrons. The van der Waals surface area contributed by atoms with Crippen molar-refractivity contribution in [3.8, 4) is 0 Å². The zero-order valence-electron chi connectivity index (χ0n) is 7.96. The molecule has 0 fully saturated rings. The standard InChI is InChI=1S/C10H9Br2NOS/c1-5-2-3-7(14-5)9(13)6-4-8(11)15-10(6)12/h2-4,9H,13H2,1H3. The van der Waals surface area contributed by atoms with Crippen molar-refractivity contribution in [2.45, 2.75) is 13.0 Å². The van der Waals surface area contributed by atoms with Crippen LogP contribution in [0.5, 0.6) is 0 Å². The highest BCUT2D eigenvalue weighted by Crippen LogP contribution is 2.37. The maximum absolute atomic E-state index is 6.11. The van der Waals surface area contributed by atoms with Crippen LogP contribution in [-0.2, 0) is 0 Å². The molecule has 2 N–H and O–H groups in total. The first kappa shape index (κ1) is 11.4. The lowest BCUT2D eigenvalue weighted by atomic mass is 10.1. The molecule has 0 saturated heterocycles. The van der Waals surface area contributed by atoms with Gasteiger partial charge >= 0.3 is 0 Å². The Morgan fingerprint density at radius 1 is 1.40 bits per heavy atom. The number of hydrogen-bond acceptors (Lipinski definition) is 3. The molecule has 0 spiro atoms. The topological polar surface area (TPSA) is 39.2 Å². The second-order valence-electron chi connectivity index (χ2n) is 3.21. The molecule has 2 rings (SSSR count). The summed E-state index contributed by atoms with van der Waals surface area (Å²) in [6.45, 7) is 1.91. The molecule has 0 aromatic carbocycles. The van der Waals surface area contributed by atoms with Crippen molar-refractivity contribution in [3.05, 3.63) is 42.9 Å². The molecule has 0 amide bonds. The summed E-state index contributed by atoms with van der Waals surface area (Å²) in [7, 11) is 0. The van der Waals surface area contributed by atoms with Gasteiger partial charge in [-0.3, -0.25) is 0 Å². The largest absolute Gasteiger partial charge is 0.464 e. The number of furan rings is 1. The Bertz CT molecular complexity index is 477. The minimum atomic E-state index is -0.212. The third-order valence-corrected chi connectivity index (χ3v) is 4.47. The third kappa shape index (κ3) is 2.36. The normalized spacial score (nSPS) is 13.1. The molecule has 5 heteroatoms. The molecule has 2 aromatic heterocycles. The van der Waals surface area contributed by atoms with Crippen LogP contribution >= 0.6 is 43.2 Å². The maximum Gasteiger partial charge on any atom is 0.125 e. The van der Waals surface area contributed by atoms with Crippen LogP contribution in [0.25, 0.3) is 0 Å². The Labute approximate surface area is 109 Å². The number of nitrogens with two attached hydrogens (primary N) is 1. The van der Waals surface area contributed by atoms with E-state index in [1.54, 1.807) is 11.3 Å². The predicted molar refractivity (Wildman–Crippen MR) is 69.2 cm³/mol. The van der Waals surface area contributed by atoms with E-state index in [-0.39, 0.29) is 6.04 Å². The number of thiophene rings is 1. The van der Waals surface area contributed by atoms with Gasteiger partial charge in [-0.15, -0.1) is 11.3 Å². The molecular formula is C10H9Br2NOS. The SMILES string of the molecule is Cc1ccc(C(N)c2cc(Br)sc2Br)o1. The van der Waals surface area contributed by atoms with Crippen molar-refractivity contribution in [2.75, 3.05) is 0 Å². The Balaban J connectivity index is 2.35.